The van der Waals surface area contributed by atoms with Gasteiger partial charge >= 0.3 is 0 Å². The van der Waals surface area contributed by atoms with Gasteiger partial charge in [-0.15, -0.1) is 0 Å². The van der Waals surface area contributed by atoms with Gasteiger partial charge in [-0.3, -0.25) is 0 Å². The maximum atomic E-state index is 7.12. The van der Waals surface area contributed by atoms with Crippen molar-refractivity contribution in [1.29, 1.82) is 0 Å². The molecule has 86 heavy (non-hydrogen) atoms. The van der Waals surface area contributed by atoms with E-state index in [9.17, 15) is 0 Å². The van der Waals surface area contributed by atoms with Crippen LogP contribution < -0.4 is 9.80 Å². The summed E-state index contributed by atoms with van der Waals surface area (Å²) in [6.07, 6.45) is 3.95. The smallest absolute Gasteiger partial charge is 0.159 e. The number of para-hydroxylation sites is 5. The first kappa shape index (κ1) is 49.4. The summed E-state index contributed by atoms with van der Waals surface area (Å²) in [6.45, 7) is 6.44. The summed E-state index contributed by atoms with van der Waals surface area (Å²) in [4.78, 5) is 4.69. The number of benzene rings is 13. The lowest BCUT2D eigenvalue weighted by Gasteiger charge is -2.31. The van der Waals surface area contributed by atoms with Gasteiger partial charge in [-0.2, -0.15) is 0 Å². The van der Waals surface area contributed by atoms with Gasteiger partial charge in [0, 0.05) is 55.6 Å². The molecule has 0 atom stereocenters. The van der Waals surface area contributed by atoms with Crippen molar-refractivity contribution in [2.45, 2.75) is 12.3 Å². The fourth-order valence-electron chi connectivity index (χ4n) is 14.4. The van der Waals surface area contributed by atoms with Crippen LogP contribution in [-0.2, 0) is 5.41 Å². The molecule has 17 rings (SSSR count). The van der Waals surface area contributed by atoms with E-state index in [0.29, 0.717) is 0 Å². The third-order valence-electron chi connectivity index (χ3n) is 18.1. The molecule has 0 unspecified atom stereocenters. The van der Waals surface area contributed by atoms with Crippen molar-refractivity contribution in [2.75, 3.05) is 9.80 Å². The minimum Gasteiger partial charge on any atom is -0.454 e. The molecular formula is C82H54N2O2. The van der Waals surface area contributed by atoms with Crippen molar-refractivity contribution in [2.24, 2.45) is 0 Å². The molecule has 13 aromatic carbocycles. The number of fused-ring (bicyclic) bond motifs is 16. The zero-order chi connectivity index (χ0) is 57.0. The normalized spacial score (nSPS) is 12.9. The molecule has 2 aliphatic carbocycles. The maximum Gasteiger partial charge on any atom is 0.159 e. The van der Waals surface area contributed by atoms with Gasteiger partial charge in [0.1, 0.15) is 11.2 Å². The van der Waals surface area contributed by atoms with Crippen LogP contribution >= 0.6 is 0 Å². The van der Waals surface area contributed by atoms with Gasteiger partial charge in [0.05, 0.1) is 16.8 Å². The van der Waals surface area contributed by atoms with Crippen molar-refractivity contribution >= 4 is 88.6 Å². The lowest BCUT2D eigenvalue weighted by Crippen LogP contribution is -2.25. The topological polar surface area (TPSA) is 32.8 Å². The molecule has 0 saturated carbocycles. The molecule has 2 heterocycles. The summed E-state index contributed by atoms with van der Waals surface area (Å²) >= 11 is 0. The second kappa shape index (κ2) is 19.5. The Kier molecular flexibility index (Phi) is 11.2. The molecule has 15 aromatic rings. The number of rotatable bonds is 10. The van der Waals surface area contributed by atoms with E-state index in [-0.39, 0.29) is 0 Å². The van der Waals surface area contributed by atoms with Gasteiger partial charge in [0.25, 0.3) is 0 Å². The molecule has 0 amide bonds. The summed E-state index contributed by atoms with van der Waals surface area (Å²) in [6, 6.07) is 104. The van der Waals surface area contributed by atoms with Crippen LogP contribution in [0.15, 0.2) is 313 Å². The van der Waals surface area contributed by atoms with E-state index in [1.165, 1.54) is 49.9 Å². The first-order valence-electron chi connectivity index (χ1n) is 29.5. The summed E-state index contributed by atoms with van der Waals surface area (Å²) in [5.74, 6) is 0.792. The summed E-state index contributed by atoms with van der Waals surface area (Å²) in [5.41, 5.74) is 23.5. The molecule has 0 aliphatic heterocycles. The van der Waals surface area contributed by atoms with Gasteiger partial charge in [-0.1, -0.05) is 219 Å². The largest absolute Gasteiger partial charge is 0.454 e. The highest BCUT2D eigenvalue weighted by Gasteiger charge is 2.52. The molecule has 0 radical (unpaired) electrons. The number of hydrogen-bond donors (Lipinski definition) is 0. The molecule has 4 nitrogen and oxygen atoms in total. The molecule has 4 heteroatoms. The fourth-order valence-corrected chi connectivity index (χ4v) is 14.4. The first-order valence-corrected chi connectivity index (χ1v) is 29.5. The van der Waals surface area contributed by atoms with Crippen LogP contribution in [0.5, 0.6) is 0 Å². The quantitative estimate of drug-likeness (QED) is 0.128. The lowest BCUT2D eigenvalue weighted by molar-refractivity contribution is 0.595. The second-order valence-corrected chi connectivity index (χ2v) is 22.7. The van der Waals surface area contributed by atoms with Crippen molar-refractivity contribution in [1.82, 2.24) is 0 Å². The molecule has 404 valence electrons. The Bertz CT molecular complexity index is 5220. The lowest BCUT2D eigenvalue weighted by atomic mass is 9.70. The van der Waals surface area contributed by atoms with Crippen LogP contribution in [0.3, 0.4) is 0 Å². The van der Waals surface area contributed by atoms with Gasteiger partial charge < -0.3 is 18.6 Å². The second-order valence-electron chi connectivity index (χ2n) is 22.7. The zero-order valence-corrected chi connectivity index (χ0v) is 47.2. The van der Waals surface area contributed by atoms with Crippen LogP contribution in [0.1, 0.15) is 33.6 Å². The molecule has 0 fully saturated rings. The molecule has 0 N–H and O–H groups in total. The van der Waals surface area contributed by atoms with Crippen LogP contribution in [0.2, 0.25) is 0 Å². The SMILES string of the molecule is C=C/C=C(\c1oc2c(-c3ccccc3)cccc2c1C)N(c1ccccc1)c1ccc2cc3c(cc2c1)C1(c2ccccc2-c2ccccc21)c1cc2cc(N(c4ccccc4)c4cccc5c4oc4c(-c6ccccc6)cccc45)ccc2cc1-3. The Hall–Kier alpha value is -11.2. The predicted molar refractivity (Wildman–Crippen MR) is 358 cm³/mol. The van der Waals surface area contributed by atoms with E-state index in [1.54, 1.807) is 0 Å². The van der Waals surface area contributed by atoms with E-state index in [2.05, 4.69) is 314 Å². The first-order chi connectivity index (χ1) is 42.5. The predicted octanol–water partition coefficient (Wildman–Crippen LogP) is 22.5. The summed E-state index contributed by atoms with van der Waals surface area (Å²) in [7, 11) is 0. The van der Waals surface area contributed by atoms with E-state index >= 15 is 0 Å². The molecular weight excluding hydrogens is 1040 g/mol. The molecule has 1 spiro atoms. The monoisotopic (exact) mass is 1100 g/mol. The van der Waals surface area contributed by atoms with E-state index in [0.717, 1.165) is 117 Å². The Morgan fingerprint density at radius 2 is 0.837 bits per heavy atom. The average Bonchev–Trinajstić information content (AvgIpc) is 1.52. The van der Waals surface area contributed by atoms with Crippen molar-refractivity contribution < 1.29 is 8.83 Å². The van der Waals surface area contributed by atoms with E-state index in [4.69, 9.17) is 8.83 Å². The Labute approximate surface area is 498 Å². The highest BCUT2D eigenvalue weighted by atomic mass is 16.3. The van der Waals surface area contributed by atoms with Gasteiger partial charge in [-0.05, 0) is 169 Å². The standard InChI is InChI=1S/C82H54N2O2/c1-3-23-76(78-52(2)63-34-20-35-64(79(63)85-78)53-24-8-4-9-25-53)83(59-28-12-6-13-29-59)61-44-42-55-48-70-71-49-56-43-45-62(47-58(56)51-75(71)82(74(70)50-57(55)46-61)72-39-18-16-32-66(72)67-33-17-19-40-73(67)82)84(60-30-14-7-15-31-60)77-41-22-38-69-68-37-21-36-65(80(68)86-81(69)77)54-26-10-5-11-27-54/h3-51H,1H2,2H3/b76-23+. The van der Waals surface area contributed by atoms with Gasteiger partial charge in [-0.25, -0.2) is 0 Å². The minimum absolute atomic E-state index is 0.615. The van der Waals surface area contributed by atoms with Crippen LogP contribution in [0.4, 0.5) is 28.4 Å². The van der Waals surface area contributed by atoms with Gasteiger partial charge in [0.15, 0.2) is 11.3 Å². The molecule has 2 aromatic heterocycles. The fraction of sp³-hybridized carbons (Fsp3) is 0.0244. The highest BCUT2D eigenvalue weighted by Crippen LogP contribution is 2.64. The van der Waals surface area contributed by atoms with Crippen molar-refractivity contribution in [3.8, 4) is 44.5 Å². The highest BCUT2D eigenvalue weighted by molar-refractivity contribution is 6.14. The molecule has 0 saturated heterocycles. The number of anilines is 5. The Morgan fingerprint density at radius 1 is 0.360 bits per heavy atom. The number of aryl methyl sites for hydroxylation is 1. The number of nitrogens with zero attached hydrogens (tertiary/aromatic N) is 2. The minimum atomic E-state index is -0.615. The van der Waals surface area contributed by atoms with Crippen LogP contribution in [0.25, 0.3) is 105 Å². The zero-order valence-electron chi connectivity index (χ0n) is 47.2. The maximum absolute atomic E-state index is 7.12. The van der Waals surface area contributed by atoms with Crippen LogP contribution in [0, 0.1) is 6.92 Å². The number of hydrogen-bond acceptors (Lipinski definition) is 4. The van der Waals surface area contributed by atoms with E-state index < -0.39 is 5.41 Å². The number of furan rings is 2. The van der Waals surface area contributed by atoms with Crippen LogP contribution in [-0.4, -0.2) is 0 Å². The average molecular weight is 1100 g/mol. The number of allylic oxidation sites excluding steroid dienone is 2. The summed E-state index contributed by atoms with van der Waals surface area (Å²) < 4.78 is 14.2. The third-order valence-corrected chi connectivity index (χ3v) is 18.1. The van der Waals surface area contributed by atoms with E-state index in [1.807, 2.05) is 6.08 Å². The van der Waals surface area contributed by atoms with Crippen molar-refractivity contribution in [3.05, 3.63) is 337 Å². The Balaban J connectivity index is 0.853. The molecule has 2 aliphatic rings. The summed E-state index contributed by atoms with van der Waals surface area (Å²) in [5, 5.41) is 7.88. The molecule has 0 bridgehead atoms. The third kappa shape index (κ3) is 7.36. The van der Waals surface area contributed by atoms with Crippen molar-refractivity contribution in [3.63, 3.8) is 0 Å². The van der Waals surface area contributed by atoms with Gasteiger partial charge in [0.2, 0.25) is 0 Å². The Morgan fingerprint density at radius 3 is 1.43 bits per heavy atom.